The first-order valence-corrected chi connectivity index (χ1v) is 5.56. The first-order valence-electron chi connectivity index (χ1n) is 5.56. The maximum absolute atomic E-state index is 13.3. The lowest BCUT2D eigenvalue weighted by atomic mass is 10.0. The van der Waals surface area contributed by atoms with Crippen LogP contribution in [0.3, 0.4) is 0 Å². The topological polar surface area (TPSA) is 26.3 Å². The van der Waals surface area contributed by atoms with Crippen molar-refractivity contribution in [3.8, 4) is 16.9 Å². The molecule has 0 saturated heterocycles. The lowest BCUT2D eigenvalue weighted by Gasteiger charge is -2.09. The fourth-order valence-electron chi connectivity index (χ4n) is 1.81. The Balaban J connectivity index is 2.57. The highest BCUT2D eigenvalue weighted by atomic mass is 19.1. The van der Waals surface area contributed by atoms with Crippen molar-refractivity contribution in [1.82, 2.24) is 0 Å². The summed E-state index contributed by atoms with van der Waals surface area (Å²) in [6, 6.07) is 11.4. The molecule has 0 saturated carbocycles. The summed E-state index contributed by atoms with van der Waals surface area (Å²) in [5.41, 5.74) is 2.00. The minimum Gasteiger partial charge on any atom is -0.496 e. The molecule has 0 atom stereocenters. The van der Waals surface area contributed by atoms with Gasteiger partial charge in [0, 0.05) is 11.1 Å². The molecule has 2 aromatic rings. The predicted molar refractivity (Wildman–Crippen MR) is 68.4 cm³/mol. The first kappa shape index (κ1) is 12.3. The van der Waals surface area contributed by atoms with E-state index >= 15 is 0 Å². The van der Waals surface area contributed by atoms with Gasteiger partial charge in [0.05, 0.1) is 7.11 Å². The van der Waals surface area contributed by atoms with Gasteiger partial charge in [-0.15, -0.1) is 0 Å². The Morgan fingerprint density at radius 3 is 2.61 bits per heavy atom. The van der Waals surface area contributed by atoms with E-state index in [0.29, 0.717) is 16.9 Å². The number of ketones is 1. The molecule has 0 unspecified atom stereocenters. The van der Waals surface area contributed by atoms with Crippen molar-refractivity contribution in [2.45, 2.75) is 6.92 Å². The van der Waals surface area contributed by atoms with E-state index in [1.807, 2.05) is 6.07 Å². The SMILES string of the molecule is COc1ccc(F)cc1-c1cccc(C(C)=O)c1. The second-order valence-electron chi connectivity index (χ2n) is 3.98. The molecule has 0 spiro atoms. The van der Waals surface area contributed by atoms with Crippen molar-refractivity contribution < 1.29 is 13.9 Å². The van der Waals surface area contributed by atoms with Crippen LogP contribution in [0, 0.1) is 5.82 Å². The molecular weight excluding hydrogens is 231 g/mol. The van der Waals surface area contributed by atoms with Crippen LogP contribution in [0.4, 0.5) is 4.39 Å². The van der Waals surface area contributed by atoms with Gasteiger partial charge in [0.2, 0.25) is 0 Å². The highest BCUT2D eigenvalue weighted by molar-refractivity contribution is 5.95. The summed E-state index contributed by atoms with van der Waals surface area (Å²) in [4.78, 5) is 11.3. The molecule has 0 N–H and O–H groups in total. The molecule has 0 aliphatic heterocycles. The Morgan fingerprint density at radius 2 is 1.94 bits per heavy atom. The summed E-state index contributed by atoms with van der Waals surface area (Å²) in [6.45, 7) is 1.50. The normalized spacial score (nSPS) is 10.2. The fourth-order valence-corrected chi connectivity index (χ4v) is 1.81. The number of benzene rings is 2. The molecule has 0 amide bonds. The zero-order valence-corrected chi connectivity index (χ0v) is 10.2. The maximum Gasteiger partial charge on any atom is 0.159 e. The monoisotopic (exact) mass is 244 g/mol. The van der Waals surface area contributed by atoms with Crippen LogP contribution in [0.5, 0.6) is 5.75 Å². The molecule has 0 heterocycles. The van der Waals surface area contributed by atoms with Gasteiger partial charge in [0.25, 0.3) is 0 Å². The van der Waals surface area contributed by atoms with Gasteiger partial charge in [-0.2, -0.15) is 0 Å². The lowest BCUT2D eigenvalue weighted by Crippen LogP contribution is -1.93. The van der Waals surface area contributed by atoms with E-state index in [1.165, 1.54) is 26.2 Å². The molecule has 2 rings (SSSR count). The standard InChI is InChI=1S/C15H13FO2/c1-10(17)11-4-3-5-12(8-11)14-9-13(16)6-7-15(14)18-2/h3-9H,1-2H3. The third kappa shape index (κ3) is 2.40. The van der Waals surface area contributed by atoms with Gasteiger partial charge < -0.3 is 4.74 Å². The van der Waals surface area contributed by atoms with Crippen LogP contribution < -0.4 is 4.74 Å². The molecule has 3 heteroatoms. The number of carbonyl (C=O) groups is 1. The number of methoxy groups -OCH3 is 1. The summed E-state index contributed by atoms with van der Waals surface area (Å²) >= 11 is 0. The van der Waals surface area contributed by atoms with E-state index in [-0.39, 0.29) is 11.6 Å². The van der Waals surface area contributed by atoms with Crippen molar-refractivity contribution in [2.24, 2.45) is 0 Å². The number of rotatable bonds is 3. The molecular formula is C15H13FO2. The number of hydrogen-bond acceptors (Lipinski definition) is 2. The van der Waals surface area contributed by atoms with E-state index in [4.69, 9.17) is 4.74 Å². The summed E-state index contributed by atoms with van der Waals surface area (Å²) in [6.07, 6.45) is 0. The average Bonchev–Trinajstić information content (AvgIpc) is 2.39. The molecule has 2 nitrogen and oxygen atoms in total. The van der Waals surface area contributed by atoms with E-state index in [0.717, 1.165) is 5.56 Å². The maximum atomic E-state index is 13.3. The quantitative estimate of drug-likeness (QED) is 0.769. The van der Waals surface area contributed by atoms with Gasteiger partial charge >= 0.3 is 0 Å². The number of Topliss-reactive ketones (excluding diaryl/α,β-unsaturated/α-hetero) is 1. The zero-order chi connectivity index (χ0) is 13.1. The molecule has 2 aromatic carbocycles. The minimum atomic E-state index is -0.334. The van der Waals surface area contributed by atoms with Crippen LogP contribution >= 0.6 is 0 Å². The Kier molecular flexibility index (Phi) is 3.42. The van der Waals surface area contributed by atoms with E-state index in [1.54, 1.807) is 24.3 Å². The largest absolute Gasteiger partial charge is 0.496 e. The van der Waals surface area contributed by atoms with Crippen molar-refractivity contribution in [1.29, 1.82) is 0 Å². The number of hydrogen-bond donors (Lipinski definition) is 0. The Morgan fingerprint density at radius 1 is 1.17 bits per heavy atom. The average molecular weight is 244 g/mol. The van der Waals surface area contributed by atoms with Gasteiger partial charge in [0.1, 0.15) is 11.6 Å². The molecule has 0 radical (unpaired) electrons. The second-order valence-corrected chi connectivity index (χ2v) is 3.98. The molecule has 0 fully saturated rings. The minimum absolute atomic E-state index is 0.0211. The van der Waals surface area contributed by atoms with E-state index in [9.17, 15) is 9.18 Å². The van der Waals surface area contributed by atoms with Crippen molar-refractivity contribution in [3.63, 3.8) is 0 Å². The summed E-state index contributed by atoms with van der Waals surface area (Å²) in [5, 5.41) is 0. The van der Waals surface area contributed by atoms with Crippen LogP contribution in [0.2, 0.25) is 0 Å². The third-order valence-corrected chi connectivity index (χ3v) is 2.74. The first-order chi connectivity index (χ1) is 8.61. The van der Waals surface area contributed by atoms with Crippen LogP contribution in [0.1, 0.15) is 17.3 Å². The predicted octanol–water partition coefficient (Wildman–Crippen LogP) is 3.70. The lowest BCUT2D eigenvalue weighted by molar-refractivity contribution is 0.101. The zero-order valence-electron chi connectivity index (χ0n) is 10.2. The van der Waals surface area contributed by atoms with E-state index < -0.39 is 0 Å². The molecule has 0 aliphatic rings. The fraction of sp³-hybridized carbons (Fsp3) is 0.133. The van der Waals surface area contributed by atoms with Crippen LogP contribution in [0.25, 0.3) is 11.1 Å². The number of ether oxygens (including phenoxy) is 1. The van der Waals surface area contributed by atoms with Gasteiger partial charge in [-0.05, 0) is 36.8 Å². The van der Waals surface area contributed by atoms with Gasteiger partial charge in [-0.3, -0.25) is 4.79 Å². The number of carbonyl (C=O) groups excluding carboxylic acids is 1. The Bertz CT molecular complexity index is 591. The molecule has 18 heavy (non-hydrogen) atoms. The van der Waals surface area contributed by atoms with Gasteiger partial charge in [0.15, 0.2) is 5.78 Å². The van der Waals surface area contributed by atoms with Crippen LogP contribution in [-0.2, 0) is 0 Å². The smallest absolute Gasteiger partial charge is 0.159 e. The Labute approximate surface area is 105 Å². The summed E-state index contributed by atoms with van der Waals surface area (Å²) < 4.78 is 18.5. The molecule has 92 valence electrons. The molecule has 0 aliphatic carbocycles. The van der Waals surface area contributed by atoms with Crippen LogP contribution in [0.15, 0.2) is 42.5 Å². The van der Waals surface area contributed by atoms with Crippen molar-refractivity contribution >= 4 is 5.78 Å². The number of halogens is 1. The second kappa shape index (κ2) is 5.00. The van der Waals surface area contributed by atoms with Crippen molar-refractivity contribution in [3.05, 3.63) is 53.8 Å². The van der Waals surface area contributed by atoms with Gasteiger partial charge in [-0.1, -0.05) is 18.2 Å². The summed E-state index contributed by atoms with van der Waals surface area (Å²) in [5.74, 6) is 0.225. The third-order valence-electron chi connectivity index (χ3n) is 2.74. The molecule has 0 bridgehead atoms. The highest BCUT2D eigenvalue weighted by Gasteiger charge is 2.09. The van der Waals surface area contributed by atoms with Crippen molar-refractivity contribution in [2.75, 3.05) is 7.11 Å². The van der Waals surface area contributed by atoms with E-state index in [2.05, 4.69) is 0 Å². The highest BCUT2D eigenvalue weighted by Crippen LogP contribution is 2.31. The summed E-state index contributed by atoms with van der Waals surface area (Å²) in [7, 11) is 1.53. The van der Waals surface area contributed by atoms with Crippen LogP contribution in [-0.4, -0.2) is 12.9 Å². The van der Waals surface area contributed by atoms with Gasteiger partial charge in [-0.25, -0.2) is 4.39 Å². The molecule has 0 aromatic heterocycles. The Hall–Kier alpha value is -2.16.